The van der Waals surface area contributed by atoms with E-state index in [-0.39, 0.29) is 0 Å². The highest BCUT2D eigenvalue weighted by Crippen LogP contribution is 2.06. The summed E-state index contributed by atoms with van der Waals surface area (Å²) in [6, 6.07) is 0. The molecule has 0 heterocycles. The van der Waals surface area contributed by atoms with Crippen molar-refractivity contribution in [1.29, 1.82) is 0 Å². The number of hydrogen-bond donors (Lipinski definition) is 0. The highest BCUT2D eigenvalue weighted by atomic mass is 14.0. The Balaban J connectivity index is -0.000000175. The highest BCUT2D eigenvalue weighted by Gasteiger charge is 1.90. The fourth-order valence-corrected chi connectivity index (χ4v) is 0.803. The average Bonchev–Trinajstić information content (AvgIpc) is 2.12. The Labute approximate surface area is 80.8 Å². The smallest absolute Gasteiger partial charge is 0.0471 e. The van der Waals surface area contributed by atoms with Crippen LogP contribution in [-0.4, -0.2) is 0 Å². The minimum absolute atomic E-state index is 0.904. The van der Waals surface area contributed by atoms with Crippen LogP contribution in [0.25, 0.3) is 0 Å². The third kappa shape index (κ3) is 32.4. The van der Waals surface area contributed by atoms with Gasteiger partial charge in [0, 0.05) is 0 Å². The molecule has 0 aliphatic carbocycles. The fraction of sp³-hybridized carbons (Fsp3) is 1.00. The quantitative estimate of drug-likeness (QED) is 0.509. The van der Waals surface area contributed by atoms with Crippen molar-refractivity contribution < 1.29 is 0 Å². The van der Waals surface area contributed by atoms with Gasteiger partial charge in [-0.2, -0.15) is 0 Å². The maximum absolute atomic E-state index is 2.29. The summed E-state index contributed by atoms with van der Waals surface area (Å²) < 4.78 is 0. The minimum atomic E-state index is 0.904. The molecule has 0 aromatic carbocycles. The van der Waals surface area contributed by atoms with Gasteiger partial charge in [0.1, 0.15) is 0 Å². The van der Waals surface area contributed by atoms with Gasteiger partial charge >= 0.3 is 0 Å². The van der Waals surface area contributed by atoms with E-state index in [4.69, 9.17) is 0 Å². The van der Waals surface area contributed by atoms with Crippen LogP contribution in [0.2, 0.25) is 0 Å². The molecule has 12 heavy (non-hydrogen) atoms. The lowest BCUT2D eigenvalue weighted by atomic mass is 10.1. The third-order valence-corrected chi connectivity index (χ3v) is 1.39. The molecule has 0 spiro atoms. The van der Waals surface area contributed by atoms with Gasteiger partial charge in [0.2, 0.25) is 0 Å². The zero-order chi connectivity index (χ0) is 10.4. The number of rotatable bonds is 4. The molecule has 0 saturated heterocycles. The van der Waals surface area contributed by atoms with Crippen molar-refractivity contribution in [2.45, 2.75) is 74.1 Å². The van der Waals surface area contributed by atoms with E-state index < -0.39 is 0 Å². The first kappa shape index (κ1) is 17.9. The molecule has 0 heteroatoms. The van der Waals surface area contributed by atoms with Gasteiger partial charge in [-0.25, -0.2) is 0 Å². The number of hydrogen-bond acceptors (Lipinski definition) is 0. The van der Waals surface area contributed by atoms with Gasteiger partial charge in [-0.1, -0.05) is 74.1 Å². The molecule has 0 bridgehead atoms. The standard InChI is InChI=1S/C8H18.2C2H6/c1-4-5-6-7-8(2)3;2*1-2/h8H,4-7H2,1-3H3;2*1-2H3. The van der Waals surface area contributed by atoms with Crippen LogP contribution in [0.1, 0.15) is 74.1 Å². The predicted octanol–water partition coefficient (Wildman–Crippen LogP) is 5.28. The predicted molar refractivity (Wildman–Crippen MR) is 61.7 cm³/mol. The average molecular weight is 174 g/mol. The Morgan fingerprint density at radius 1 is 0.833 bits per heavy atom. The second kappa shape index (κ2) is 22.4. The van der Waals surface area contributed by atoms with Crippen molar-refractivity contribution in [2.24, 2.45) is 5.92 Å². The van der Waals surface area contributed by atoms with Crippen LogP contribution < -0.4 is 0 Å². The van der Waals surface area contributed by atoms with Gasteiger partial charge in [-0.15, -0.1) is 0 Å². The molecule has 0 rings (SSSR count). The van der Waals surface area contributed by atoms with Crippen LogP contribution in [0.3, 0.4) is 0 Å². The summed E-state index contributed by atoms with van der Waals surface area (Å²) in [6.45, 7) is 14.8. The Bertz CT molecular complexity index is 37.3. The lowest BCUT2D eigenvalue weighted by Crippen LogP contribution is -1.85. The summed E-state index contributed by atoms with van der Waals surface area (Å²) in [7, 11) is 0. The second-order valence-electron chi connectivity index (χ2n) is 2.89. The van der Waals surface area contributed by atoms with E-state index in [2.05, 4.69) is 20.8 Å². The molecule has 0 amide bonds. The molecule has 0 nitrogen and oxygen atoms in total. The van der Waals surface area contributed by atoms with E-state index in [9.17, 15) is 0 Å². The van der Waals surface area contributed by atoms with Crippen molar-refractivity contribution in [3.63, 3.8) is 0 Å². The normalized spacial score (nSPS) is 8.00. The van der Waals surface area contributed by atoms with Gasteiger partial charge in [-0.3, -0.25) is 0 Å². The molecule has 78 valence electrons. The summed E-state index contributed by atoms with van der Waals surface area (Å²) in [5.74, 6) is 0.904. The Kier molecular flexibility index (Phi) is 33.5. The second-order valence-corrected chi connectivity index (χ2v) is 2.89. The maximum Gasteiger partial charge on any atom is -0.0471 e. The monoisotopic (exact) mass is 174 g/mol. The third-order valence-electron chi connectivity index (χ3n) is 1.39. The summed E-state index contributed by atoms with van der Waals surface area (Å²) >= 11 is 0. The highest BCUT2D eigenvalue weighted by molar-refractivity contribution is 4.44. The first-order valence-corrected chi connectivity index (χ1v) is 5.77. The van der Waals surface area contributed by atoms with Crippen molar-refractivity contribution in [1.82, 2.24) is 0 Å². The first-order chi connectivity index (χ1) is 5.77. The van der Waals surface area contributed by atoms with E-state index in [0.717, 1.165) is 5.92 Å². The van der Waals surface area contributed by atoms with E-state index >= 15 is 0 Å². The molecule has 0 aromatic heterocycles. The maximum atomic E-state index is 2.29. The number of unbranched alkanes of at least 4 members (excludes halogenated alkanes) is 2. The Morgan fingerprint density at radius 2 is 1.25 bits per heavy atom. The molecular weight excluding hydrogens is 144 g/mol. The molecular formula is C12H30. The Morgan fingerprint density at radius 3 is 1.50 bits per heavy atom. The van der Waals surface area contributed by atoms with Crippen LogP contribution in [-0.2, 0) is 0 Å². The van der Waals surface area contributed by atoms with Crippen molar-refractivity contribution in [3.05, 3.63) is 0 Å². The molecule has 0 aromatic rings. The van der Waals surface area contributed by atoms with Crippen molar-refractivity contribution >= 4 is 0 Å². The molecule has 0 radical (unpaired) electrons. The lowest BCUT2D eigenvalue weighted by Gasteiger charge is -2.00. The van der Waals surface area contributed by atoms with Crippen LogP contribution in [0.5, 0.6) is 0 Å². The largest absolute Gasteiger partial charge is 0.0683 e. The van der Waals surface area contributed by atoms with E-state index in [1.54, 1.807) is 0 Å². The molecule has 0 unspecified atom stereocenters. The van der Waals surface area contributed by atoms with Crippen molar-refractivity contribution in [3.8, 4) is 0 Å². The van der Waals surface area contributed by atoms with Crippen LogP contribution in [0.4, 0.5) is 0 Å². The van der Waals surface area contributed by atoms with E-state index in [0.29, 0.717) is 0 Å². The summed E-state index contributed by atoms with van der Waals surface area (Å²) in [5.41, 5.74) is 0. The van der Waals surface area contributed by atoms with E-state index in [1.165, 1.54) is 25.7 Å². The van der Waals surface area contributed by atoms with Gasteiger partial charge in [0.05, 0.1) is 0 Å². The first-order valence-electron chi connectivity index (χ1n) is 5.77. The van der Waals surface area contributed by atoms with Gasteiger partial charge in [0.25, 0.3) is 0 Å². The zero-order valence-electron chi connectivity index (χ0n) is 10.4. The molecule has 0 aliphatic heterocycles. The molecule has 0 aliphatic rings. The molecule has 0 fully saturated rings. The Hall–Kier alpha value is 0. The van der Waals surface area contributed by atoms with Crippen LogP contribution >= 0.6 is 0 Å². The summed E-state index contributed by atoms with van der Waals surface area (Å²) in [6.07, 6.45) is 5.60. The van der Waals surface area contributed by atoms with Gasteiger partial charge < -0.3 is 0 Å². The summed E-state index contributed by atoms with van der Waals surface area (Å²) in [4.78, 5) is 0. The molecule has 0 saturated carbocycles. The van der Waals surface area contributed by atoms with Gasteiger partial charge in [-0.05, 0) is 5.92 Å². The molecule has 0 N–H and O–H groups in total. The van der Waals surface area contributed by atoms with Crippen LogP contribution in [0, 0.1) is 5.92 Å². The van der Waals surface area contributed by atoms with E-state index in [1.807, 2.05) is 27.7 Å². The van der Waals surface area contributed by atoms with Crippen LogP contribution in [0.15, 0.2) is 0 Å². The SMILES string of the molecule is CC.CC.CCCCCC(C)C. The topological polar surface area (TPSA) is 0 Å². The summed E-state index contributed by atoms with van der Waals surface area (Å²) in [5, 5.41) is 0. The van der Waals surface area contributed by atoms with Crippen molar-refractivity contribution in [2.75, 3.05) is 0 Å². The molecule has 0 atom stereocenters. The fourth-order valence-electron chi connectivity index (χ4n) is 0.803. The van der Waals surface area contributed by atoms with Gasteiger partial charge in [0.15, 0.2) is 0 Å². The lowest BCUT2D eigenvalue weighted by molar-refractivity contribution is 0.534. The zero-order valence-corrected chi connectivity index (χ0v) is 10.4. The minimum Gasteiger partial charge on any atom is -0.0683 e.